The molecular formula is C14H12F2N2OS. The molecule has 1 amide bonds. The predicted molar refractivity (Wildman–Crippen MR) is 75.4 cm³/mol. The molecule has 0 aliphatic rings. The summed E-state index contributed by atoms with van der Waals surface area (Å²) in [4.78, 5) is 15.7. The second kappa shape index (κ2) is 7.00. The van der Waals surface area contributed by atoms with Crippen molar-refractivity contribution in [1.29, 1.82) is 0 Å². The van der Waals surface area contributed by atoms with E-state index in [0.717, 1.165) is 17.8 Å². The van der Waals surface area contributed by atoms with Crippen molar-refractivity contribution < 1.29 is 13.6 Å². The van der Waals surface area contributed by atoms with Crippen molar-refractivity contribution in [3.8, 4) is 0 Å². The van der Waals surface area contributed by atoms with Crippen molar-refractivity contribution in [2.75, 3.05) is 11.1 Å². The number of rotatable bonds is 5. The van der Waals surface area contributed by atoms with Crippen molar-refractivity contribution in [1.82, 2.24) is 4.98 Å². The number of thioether (sulfide) groups is 1. The van der Waals surface area contributed by atoms with E-state index < -0.39 is 23.2 Å². The Balaban J connectivity index is 1.84. The van der Waals surface area contributed by atoms with Crippen LogP contribution < -0.4 is 5.32 Å². The number of anilines is 1. The Morgan fingerprint density at radius 2 is 1.90 bits per heavy atom. The first-order valence-electron chi connectivity index (χ1n) is 5.88. The molecule has 20 heavy (non-hydrogen) atoms. The van der Waals surface area contributed by atoms with E-state index in [9.17, 15) is 13.6 Å². The molecule has 1 N–H and O–H groups in total. The molecule has 0 spiro atoms. The fourth-order valence-corrected chi connectivity index (χ4v) is 2.26. The predicted octanol–water partition coefficient (Wildman–Crippen LogP) is 3.23. The van der Waals surface area contributed by atoms with Gasteiger partial charge in [-0.3, -0.25) is 9.78 Å². The van der Waals surface area contributed by atoms with Crippen molar-refractivity contribution in [3.63, 3.8) is 0 Å². The highest BCUT2D eigenvalue weighted by molar-refractivity contribution is 7.99. The molecule has 104 valence electrons. The van der Waals surface area contributed by atoms with Crippen LogP contribution in [0.25, 0.3) is 0 Å². The molecular weight excluding hydrogens is 282 g/mol. The van der Waals surface area contributed by atoms with E-state index in [2.05, 4.69) is 10.3 Å². The maximum absolute atomic E-state index is 13.3. The molecule has 0 saturated heterocycles. The van der Waals surface area contributed by atoms with E-state index in [0.29, 0.717) is 5.75 Å². The average Bonchev–Trinajstić information content (AvgIpc) is 2.44. The van der Waals surface area contributed by atoms with Gasteiger partial charge in [-0.15, -0.1) is 11.8 Å². The molecule has 0 unspecified atom stereocenters. The monoisotopic (exact) mass is 294 g/mol. The number of hydrogen-bond donors (Lipinski definition) is 1. The SMILES string of the molecule is O=C(CSCc1ccccn1)Nc1c(F)cccc1F. The highest BCUT2D eigenvalue weighted by atomic mass is 32.2. The van der Waals surface area contributed by atoms with E-state index in [4.69, 9.17) is 0 Å². The molecule has 0 saturated carbocycles. The number of halogens is 2. The number of carbonyl (C=O) groups excluding carboxylic acids is 1. The van der Waals surface area contributed by atoms with Gasteiger partial charge in [0, 0.05) is 11.9 Å². The minimum Gasteiger partial charge on any atom is -0.320 e. The Morgan fingerprint density at radius 1 is 1.15 bits per heavy atom. The Labute approximate surface area is 119 Å². The molecule has 0 aliphatic carbocycles. The zero-order valence-corrected chi connectivity index (χ0v) is 11.3. The summed E-state index contributed by atoms with van der Waals surface area (Å²) >= 11 is 1.33. The first-order valence-corrected chi connectivity index (χ1v) is 7.04. The van der Waals surface area contributed by atoms with Crippen LogP contribution in [0.15, 0.2) is 42.6 Å². The third-order valence-electron chi connectivity index (χ3n) is 2.44. The van der Waals surface area contributed by atoms with E-state index in [1.54, 1.807) is 6.20 Å². The van der Waals surface area contributed by atoms with Gasteiger partial charge in [-0.1, -0.05) is 12.1 Å². The van der Waals surface area contributed by atoms with Gasteiger partial charge in [0.2, 0.25) is 5.91 Å². The van der Waals surface area contributed by atoms with Crippen molar-refractivity contribution in [3.05, 3.63) is 59.9 Å². The number of aromatic nitrogens is 1. The fraction of sp³-hybridized carbons (Fsp3) is 0.143. The zero-order valence-electron chi connectivity index (χ0n) is 10.5. The maximum Gasteiger partial charge on any atom is 0.234 e. The lowest BCUT2D eigenvalue weighted by Gasteiger charge is -2.07. The summed E-state index contributed by atoms with van der Waals surface area (Å²) in [6.45, 7) is 0. The summed E-state index contributed by atoms with van der Waals surface area (Å²) in [6.07, 6.45) is 1.67. The highest BCUT2D eigenvalue weighted by Crippen LogP contribution is 2.18. The molecule has 0 atom stereocenters. The molecule has 0 radical (unpaired) electrons. The van der Waals surface area contributed by atoms with Crippen LogP contribution in [0.5, 0.6) is 0 Å². The third kappa shape index (κ3) is 4.03. The number of nitrogens with zero attached hydrogens (tertiary/aromatic N) is 1. The molecule has 2 aromatic rings. The molecule has 1 aromatic carbocycles. The van der Waals surface area contributed by atoms with Crippen LogP contribution in [-0.4, -0.2) is 16.6 Å². The summed E-state index contributed by atoms with van der Waals surface area (Å²) in [5, 5.41) is 2.23. The Hall–Kier alpha value is -1.95. The lowest BCUT2D eigenvalue weighted by Crippen LogP contribution is -2.16. The number of benzene rings is 1. The summed E-state index contributed by atoms with van der Waals surface area (Å²) in [6, 6.07) is 8.95. The summed E-state index contributed by atoms with van der Waals surface area (Å²) in [5.74, 6) is -1.35. The fourth-order valence-electron chi connectivity index (χ4n) is 1.52. The Kier molecular flexibility index (Phi) is 5.06. The summed E-state index contributed by atoms with van der Waals surface area (Å²) in [5.41, 5.74) is 0.443. The smallest absolute Gasteiger partial charge is 0.234 e. The van der Waals surface area contributed by atoms with Crippen LogP contribution in [0, 0.1) is 11.6 Å². The van der Waals surface area contributed by atoms with Gasteiger partial charge in [-0.05, 0) is 24.3 Å². The van der Waals surface area contributed by atoms with Gasteiger partial charge >= 0.3 is 0 Å². The number of nitrogens with one attached hydrogen (secondary N) is 1. The van der Waals surface area contributed by atoms with Gasteiger partial charge in [-0.25, -0.2) is 8.78 Å². The largest absolute Gasteiger partial charge is 0.320 e. The Morgan fingerprint density at radius 3 is 2.55 bits per heavy atom. The quantitative estimate of drug-likeness (QED) is 0.920. The molecule has 2 rings (SSSR count). The van der Waals surface area contributed by atoms with Crippen molar-refractivity contribution in [2.45, 2.75) is 5.75 Å². The zero-order chi connectivity index (χ0) is 14.4. The van der Waals surface area contributed by atoms with Gasteiger partial charge in [0.25, 0.3) is 0 Å². The minimum absolute atomic E-state index is 0.102. The first-order chi connectivity index (χ1) is 9.66. The van der Waals surface area contributed by atoms with Crippen LogP contribution in [0.3, 0.4) is 0 Å². The molecule has 1 heterocycles. The highest BCUT2D eigenvalue weighted by Gasteiger charge is 2.11. The average molecular weight is 294 g/mol. The summed E-state index contributed by atoms with van der Waals surface area (Å²) in [7, 11) is 0. The Bertz CT molecular complexity index is 573. The van der Waals surface area contributed by atoms with Gasteiger partial charge < -0.3 is 5.32 Å². The van der Waals surface area contributed by atoms with Crippen LogP contribution >= 0.6 is 11.8 Å². The number of pyridine rings is 1. The van der Waals surface area contributed by atoms with E-state index >= 15 is 0 Å². The van der Waals surface area contributed by atoms with E-state index in [1.165, 1.54) is 17.8 Å². The molecule has 0 aliphatic heterocycles. The standard InChI is InChI=1S/C14H12F2N2OS/c15-11-5-3-6-12(16)14(11)18-13(19)9-20-8-10-4-1-2-7-17-10/h1-7H,8-9H2,(H,18,19). The lowest BCUT2D eigenvalue weighted by molar-refractivity contribution is -0.113. The minimum atomic E-state index is -0.784. The molecule has 1 aromatic heterocycles. The first kappa shape index (κ1) is 14.5. The summed E-state index contributed by atoms with van der Waals surface area (Å²) < 4.78 is 26.7. The van der Waals surface area contributed by atoms with Crippen LogP contribution in [-0.2, 0) is 10.5 Å². The van der Waals surface area contributed by atoms with Gasteiger partial charge in [0.1, 0.15) is 17.3 Å². The number of hydrogen-bond acceptors (Lipinski definition) is 3. The number of carbonyl (C=O) groups is 1. The van der Waals surface area contributed by atoms with Crippen molar-refractivity contribution >= 4 is 23.4 Å². The van der Waals surface area contributed by atoms with Gasteiger partial charge in [0.15, 0.2) is 0 Å². The molecule has 6 heteroatoms. The number of para-hydroxylation sites is 1. The molecule has 0 fully saturated rings. The van der Waals surface area contributed by atoms with E-state index in [1.807, 2.05) is 18.2 Å². The third-order valence-corrected chi connectivity index (χ3v) is 3.40. The van der Waals surface area contributed by atoms with Gasteiger partial charge in [-0.2, -0.15) is 0 Å². The normalized spacial score (nSPS) is 10.3. The van der Waals surface area contributed by atoms with Crippen LogP contribution in [0.4, 0.5) is 14.5 Å². The maximum atomic E-state index is 13.3. The topological polar surface area (TPSA) is 42.0 Å². The van der Waals surface area contributed by atoms with Crippen LogP contribution in [0.2, 0.25) is 0 Å². The van der Waals surface area contributed by atoms with Crippen LogP contribution in [0.1, 0.15) is 5.69 Å². The second-order valence-corrected chi connectivity index (χ2v) is 4.94. The van der Waals surface area contributed by atoms with Gasteiger partial charge in [0.05, 0.1) is 11.4 Å². The van der Waals surface area contributed by atoms with Crippen molar-refractivity contribution in [2.24, 2.45) is 0 Å². The lowest BCUT2D eigenvalue weighted by atomic mass is 10.3. The molecule has 0 bridgehead atoms. The molecule has 3 nitrogen and oxygen atoms in total. The van der Waals surface area contributed by atoms with E-state index in [-0.39, 0.29) is 5.75 Å². The second-order valence-electron chi connectivity index (χ2n) is 3.96. The number of amides is 1.